The summed E-state index contributed by atoms with van der Waals surface area (Å²) >= 11 is 0. The lowest BCUT2D eigenvalue weighted by atomic mass is 10.1. The fourth-order valence-corrected chi connectivity index (χ4v) is 2.21. The van der Waals surface area contributed by atoms with Crippen molar-refractivity contribution in [2.24, 2.45) is 0 Å². The molecular weight excluding hydrogens is 264 g/mol. The van der Waals surface area contributed by atoms with Gasteiger partial charge in [0.2, 0.25) is 0 Å². The molecule has 1 aromatic heterocycles. The van der Waals surface area contributed by atoms with E-state index in [4.69, 9.17) is 4.74 Å². The van der Waals surface area contributed by atoms with E-state index in [1.54, 1.807) is 13.3 Å². The number of hydrogen-bond donors (Lipinski definition) is 1. The van der Waals surface area contributed by atoms with Gasteiger partial charge < -0.3 is 14.7 Å². The number of aliphatic hydroxyl groups excluding tert-OH is 1. The van der Waals surface area contributed by atoms with Gasteiger partial charge in [-0.3, -0.25) is 4.98 Å². The summed E-state index contributed by atoms with van der Waals surface area (Å²) in [7, 11) is 3.68. The first-order valence-electron chi connectivity index (χ1n) is 7.09. The molecule has 112 valence electrons. The minimum absolute atomic E-state index is 0.424. The topological polar surface area (TPSA) is 45.6 Å². The maximum atomic E-state index is 10.2. The van der Waals surface area contributed by atoms with E-state index in [1.165, 1.54) is 0 Å². The minimum atomic E-state index is -0.424. The van der Waals surface area contributed by atoms with Crippen molar-refractivity contribution in [1.82, 2.24) is 9.88 Å². The summed E-state index contributed by atoms with van der Waals surface area (Å²) in [5.41, 5.74) is 1.93. The second kappa shape index (κ2) is 7.76. The predicted octanol–water partition coefficient (Wildman–Crippen LogP) is 2.65. The summed E-state index contributed by atoms with van der Waals surface area (Å²) in [6.45, 7) is 1.54. The molecule has 0 radical (unpaired) electrons. The molecule has 0 bridgehead atoms. The van der Waals surface area contributed by atoms with Crippen molar-refractivity contribution in [2.75, 3.05) is 20.7 Å². The van der Waals surface area contributed by atoms with Gasteiger partial charge >= 0.3 is 0 Å². The number of aliphatic hydroxyl groups is 1. The Bertz CT molecular complexity index is 545. The highest BCUT2D eigenvalue weighted by Crippen LogP contribution is 2.17. The summed E-state index contributed by atoms with van der Waals surface area (Å²) in [5.74, 6) is 0.817. The van der Waals surface area contributed by atoms with Crippen LogP contribution in [0.25, 0.3) is 0 Å². The number of methoxy groups -OCH3 is 1. The number of benzene rings is 1. The summed E-state index contributed by atoms with van der Waals surface area (Å²) in [6, 6.07) is 13.5. The SMILES string of the molecule is COc1ccnc(CN(C)CC[C@@H](O)c2ccccc2)c1. The van der Waals surface area contributed by atoms with E-state index in [1.807, 2.05) is 49.5 Å². The van der Waals surface area contributed by atoms with Crippen LogP contribution < -0.4 is 4.74 Å². The van der Waals surface area contributed by atoms with Crippen molar-refractivity contribution in [3.05, 3.63) is 59.9 Å². The normalized spacial score (nSPS) is 12.4. The Kier molecular flexibility index (Phi) is 5.72. The lowest BCUT2D eigenvalue weighted by Crippen LogP contribution is -2.21. The summed E-state index contributed by atoms with van der Waals surface area (Å²) in [6.07, 6.45) is 2.03. The first kappa shape index (κ1) is 15.5. The van der Waals surface area contributed by atoms with Gasteiger partial charge in [-0.25, -0.2) is 0 Å². The Morgan fingerprint density at radius 1 is 1.24 bits per heavy atom. The highest BCUT2D eigenvalue weighted by Gasteiger charge is 2.09. The minimum Gasteiger partial charge on any atom is -0.497 e. The van der Waals surface area contributed by atoms with Crippen LogP contribution in [-0.2, 0) is 6.54 Å². The molecule has 2 aromatic rings. The molecule has 0 aliphatic rings. The van der Waals surface area contributed by atoms with Crippen molar-refractivity contribution < 1.29 is 9.84 Å². The third-order valence-electron chi connectivity index (χ3n) is 3.42. The smallest absolute Gasteiger partial charge is 0.122 e. The molecule has 2 rings (SSSR count). The standard InChI is InChI=1S/C17H22N2O2/c1-19(13-15-12-16(21-2)8-10-18-15)11-9-17(20)14-6-4-3-5-7-14/h3-8,10,12,17,20H,9,11,13H2,1-2H3/t17-/m1/s1. The summed E-state index contributed by atoms with van der Waals surface area (Å²) < 4.78 is 5.19. The lowest BCUT2D eigenvalue weighted by molar-refractivity contribution is 0.147. The maximum absolute atomic E-state index is 10.2. The van der Waals surface area contributed by atoms with Gasteiger partial charge in [0.15, 0.2) is 0 Å². The van der Waals surface area contributed by atoms with E-state index < -0.39 is 6.10 Å². The molecule has 0 spiro atoms. The first-order valence-corrected chi connectivity index (χ1v) is 7.09. The fraction of sp³-hybridized carbons (Fsp3) is 0.353. The zero-order valence-corrected chi connectivity index (χ0v) is 12.6. The van der Waals surface area contributed by atoms with Crippen LogP contribution in [0.4, 0.5) is 0 Å². The molecule has 0 aliphatic carbocycles. The molecule has 4 heteroatoms. The average Bonchev–Trinajstić information content (AvgIpc) is 2.53. The molecule has 0 saturated carbocycles. The second-order valence-corrected chi connectivity index (χ2v) is 5.14. The zero-order valence-electron chi connectivity index (χ0n) is 12.6. The van der Waals surface area contributed by atoms with Crippen LogP contribution >= 0.6 is 0 Å². The van der Waals surface area contributed by atoms with Gasteiger partial charge in [-0.05, 0) is 25.1 Å². The van der Waals surface area contributed by atoms with Crippen molar-refractivity contribution in [3.63, 3.8) is 0 Å². The maximum Gasteiger partial charge on any atom is 0.122 e. The number of aromatic nitrogens is 1. The van der Waals surface area contributed by atoms with Gasteiger partial charge in [0.05, 0.1) is 18.9 Å². The van der Waals surface area contributed by atoms with Gasteiger partial charge in [-0.2, -0.15) is 0 Å². The van der Waals surface area contributed by atoms with Crippen LogP contribution in [-0.4, -0.2) is 35.7 Å². The van der Waals surface area contributed by atoms with Crippen LogP contribution in [0.2, 0.25) is 0 Å². The quantitative estimate of drug-likeness (QED) is 0.850. The molecule has 21 heavy (non-hydrogen) atoms. The molecule has 1 atom stereocenters. The number of hydrogen-bond acceptors (Lipinski definition) is 4. The van der Waals surface area contributed by atoms with Crippen LogP contribution in [0.1, 0.15) is 23.8 Å². The van der Waals surface area contributed by atoms with E-state index in [0.29, 0.717) is 6.42 Å². The monoisotopic (exact) mass is 286 g/mol. The van der Waals surface area contributed by atoms with Crippen molar-refractivity contribution in [3.8, 4) is 5.75 Å². The number of pyridine rings is 1. The van der Waals surface area contributed by atoms with Gasteiger partial charge in [0.25, 0.3) is 0 Å². The van der Waals surface area contributed by atoms with Gasteiger partial charge in [-0.1, -0.05) is 30.3 Å². The Balaban J connectivity index is 1.83. The van der Waals surface area contributed by atoms with Crippen LogP contribution in [0, 0.1) is 0 Å². The molecular formula is C17H22N2O2. The Labute approximate surface area is 126 Å². The van der Waals surface area contributed by atoms with E-state index in [0.717, 1.165) is 30.1 Å². The molecule has 0 saturated heterocycles. The van der Waals surface area contributed by atoms with Crippen molar-refractivity contribution in [2.45, 2.75) is 19.1 Å². The zero-order chi connectivity index (χ0) is 15.1. The molecule has 1 aromatic carbocycles. The van der Waals surface area contributed by atoms with Gasteiger partial charge in [0.1, 0.15) is 5.75 Å². The van der Waals surface area contributed by atoms with Crippen molar-refractivity contribution >= 4 is 0 Å². The van der Waals surface area contributed by atoms with Gasteiger partial charge in [0, 0.05) is 25.4 Å². The third kappa shape index (κ3) is 4.85. The van der Waals surface area contributed by atoms with Crippen LogP contribution in [0.5, 0.6) is 5.75 Å². The molecule has 4 nitrogen and oxygen atoms in total. The summed E-state index contributed by atoms with van der Waals surface area (Å²) in [5, 5.41) is 10.2. The Hall–Kier alpha value is -1.91. The molecule has 0 amide bonds. The summed E-state index contributed by atoms with van der Waals surface area (Å²) in [4.78, 5) is 6.48. The average molecular weight is 286 g/mol. The van der Waals surface area contributed by atoms with E-state index >= 15 is 0 Å². The first-order chi connectivity index (χ1) is 10.2. The van der Waals surface area contributed by atoms with Crippen LogP contribution in [0.3, 0.4) is 0 Å². The molecule has 0 fully saturated rings. The third-order valence-corrected chi connectivity index (χ3v) is 3.42. The molecule has 0 aliphatic heterocycles. The largest absolute Gasteiger partial charge is 0.497 e. The number of rotatable bonds is 7. The Morgan fingerprint density at radius 2 is 2.00 bits per heavy atom. The van der Waals surface area contributed by atoms with E-state index in [9.17, 15) is 5.11 Å². The molecule has 1 heterocycles. The highest BCUT2D eigenvalue weighted by molar-refractivity contribution is 5.22. The number of nitrogens with zero attached hydrogens (tertiary/aromatic N) is 2. The predicted molar refractivity (Wildman–Crippen MR) is 83.1 cm³/mol. The Morgan fingerprint density at radius 3 is 2.71 bits per heavy atom. The molecule has 0 unspecified atom stereocenters. The number of ether oxygens (including phenoxy) is 1. The lowest BCUT2D eigenvalue weighted by Gasteiger charge is -2.19. The van der Waals surface area contributed by atoms with E-state index in [-0.39, 0.29) is 0 Å². The van der Waals surface area contributed by atoms with E-state index in [2.05, 4.69) is 9.88 Å². The second-order valence-electron chi connectivity index (χ2n) is 5.14. The highest BCUT2D eigenvalue weighted by atomic mass is 16.5. The fourth-order valence-electron chi connectivity index (χ4n) is 2.21. The van der Waals surface area contributed by atoms with Crippen molar-refractivity contribution in [1.29, 1.82) is 0 Å². The van der Waals surface area contributed by atoms with Gasteiger partial charge in [-0.15, -0.1) is 0 Å². The van der Waals surface area contributed by atoms with Crippen LogP contribution in [0.15, 0.2) is 48.7 Å². The molecule has 1 N–H and O–H groups in total.